The lowest BCUT2D eigenvalue weighted by atomic mass is 10.2. The van der Waals surface area contributed by atoms with E-state index in [0.29, 0.717) is 10.8 Å². The van der Waals surface area contributed by atoms with Crippen molar-refractivity contribution < 1.29 is 4.42 Å². The smallest absolute Gasteiger partial charge is 0.182 e. The summed E-state index contributed by atoms with van der Waals surface area (Å²) in [6.45, 7) is 0. The minimum absolute atomic E-state index is 0.666. The fourth-order valence-electron chi connectivity index (χ4n) is 2.29. The van der Waals surface area contributed by atoms with Gasteiger partial charge in [-0.15, -0.1) is 0 Å². The first-order chi connectivity index (χ1) is 11.3. The molecule has 1 aliphatic heterocycles. The van der Waals surface area contributed by atoms with Crippen LogP contribution < -0.4 is 5.43 Å². The first kappa shape index (κ1) is 14.4. The van der Waals surface area contributed by atoms with Gasteiger partial charge < -0.3 is 4.42 Å². The SMILES string of the molecule is Clc1cccc(N=C2NN=C(c3cc4ccccc4o3)CS2)c1. The number of nitrogens with zero attached hydrogens (tertiary/aromatic N) is 2. The maximum absolute atomic E-state index is 5.97. The number of nitrogens with one attached hydrogen (secondary N) is 1. The maximum Gasteiger partial charge on any atom is 0.182 e. The summed E-state index contributed by atoms with van der Waals surface area (Å²) >= 11 is 7.55. The highest BCUT2D eigenvalue weighted by Gasteiger charge is 2.16. The Balaban J connectivity index is 1.57. The number of benzene rings is 2. The van der Waals surface area contributed by atoms with Crippen LogP contribution in [0.25, 0.3) is 11.0 Å². The fraction of sp³-hybridized carbons (Fsp3) is 0.0588. The van der Waals surface area contributed by atoms with Gasteiger partial charge in [-0.25, -0.2) is 4.99 Å². The lowest BCUT2D eigenvalue weighted by Gasteiger charge is -2.13. The van der Waals surface area contributed by atoms with Gasteiger partial charge in [-0.2, -0.15) is 5.10 Å². The Morgan fingerprint density at radius 3 is 2.83 bits per heavy atom. The first-order valence-electron chi connectivity index (χ1n) is 7.06. The van der Waals surface area contributed by atoms with Crippen LogP contribution in [0.1, 0.15) is 5.76 Å². The van der Waals surface area contributed by atoms with Gasteiger partial charge in [-0.1, -0.05) is 47.6 Å². The standard InChI is InChI=1S/C17H12ClN3OS/c18-12-5-3-6-13(9-12)19-17-21-20-14(10-23-17)16-8-11-4-1-2-7-15(11)22-16/h1-9H,10H2,(H,19,21). The van der Waals surface area contributed by atoms with Crippen LogP contribution in [-0.2, 0) is 0 Å². The third-order valence-corrected chi connectivity index (χ3v) is 4.49. The molecule has 114 valence electrons. The van der Waals surface area contributed by atoms with E-state index in [1.165, 1.54) is 0 Å². The van der Waals surface area contributed by atoms with Crippen LogP contribution in [0.4, 0.5) is 5.69 Å². The van der Waals surface area contributed by atoms with Crippen molar-refractivity contribution in [3.05, 3.63) is 65.4 Å². The van der Waals surface area contributed by atoms with Crippen molar-refractivity contribution in [2.45, 2.75) is 0 Å². The van der Waals surface area contributed by atoms with Gasteiger partial charge in [0.25, 0.3) is 0 Å². The number of halogens is 1. The van der Waals surface area contributed by atoms with Gasteiger partial charge in [-0.3, -0.25) is 5.43 Å². The van der Waals surface area contributed by atoms with Crippen LogP contribution in [0.15, 0.2) is 69.1 Å². The average molecular weight is 342 g/mol. The molecular formula is C17H12ClN3OS. The summed E-state index contributed by atoms with van der Waals surface area (Å²) in [5.74, 6) is 1.49. The molecule has 1 aromatic heterocycles. The Kier molecular flexibility index (Phi) is 3.81. The summed E-state index contributed by atoms with van der Waals surface area (Å²) in [5.41, 5.74) is 5.52. The molecule has 4 rings (SSSR count). The third-order valence-electron chi connectivity index (χ3n) is 3.38. The van der Waals surface area contributed by atoms with Crippen molar-refractivity contribution in [1.29, 1.82) is 0 Å². The van der Waals surface area contributed by atoms with E-state index in [0.717, 1.165) is 33.3 Å². The Labute approximate surface area is 142 Å². The lowest BCUT2D eigenvalue weighted by Crippen LogP contribution is -2.24. The van der Waals surface area contributed by atoms with Gasteiger partial charge in [0.1, 0.15) is 11.3 Å². The molecule has 4 nitrogen and oxygen atoms in total. The number of thioether (sulfide) groups is 1. The molecule has 0 unspecified atom stereocenters. The molecule has 0 bridgehead atoms. The molecular weight excluding hydrogens is 330 g/mol. The molecule has 0 spiro atoms. The summed E-state index contributed by atoms with van der Waals surface area (Å²) < 4.78 is 5.84. The van der Waals surface area contributed by atoms with Crippen molar-refractivity contribution in [2.24, 2.45) is 10.1 Å². The van der Waals surface area contributed by atoms with Crippen molar-refractivity contribution in [3.63, 3.8) is 0 Å². The van der Waals surface area contributed by atoms with Crippen LogP contribution in [0.2, 0.25) is 5.02 Å². The zero-order valence-electron chi connectivity index (χ0n) is 12.0. The third kappa shape index (κ3) is 3.11. The summed E-state index contributed by atoms with van der Waals surface area (Å²) in [4.78, 5) is 4.50. The highest BCUT2D eigenvalue weighted by atomic mass is 35.5. The van der Waals surface area contributed by atoms with E-state index >= 15 is 0 Å². The summed E-state index contributed by atoms with van der Waals surface area (Å²) in [5, 5.41) is 6.87. The van der Waals surface area contributed by atoms with E-state index in [2.05, 4.69) is 15.5 Å². The van der Waals surface area contributed by atoms with Crippen LogP contribution in [0, 0.1) is 0 Å². The van der Waals surface area contributed by atoms with E-state index in [4.69, 9.17) is 16.0 Å². The molecule has 2 aromatic carbocycles. The quantitative estimate of drug-likeness (QED) is 0.727. The average Bonchev–Trinajstić information content (AvgIpc) is 2.99. The van der Waals surface area contributed by atoms with Gasteiger partial charge in [0.15, 0.2) is 10.9 Å². The zero-order valence-corrected chi connectivity index (χ0v) is 13.6. The van der Waals surface area contributed by atoms with Crippen molar-refractivity contribution >= 4 is 50.9 Å². The monoisotopic (exact) mass is 341 g/mol. The van der Waals surface area contributed by atoms with Crippen LogP contribution in [0.3, 0.4) is 0 Å². The van der Waals surface area contributed by atoms with E-state index in [1.54, 1.807) is 11.8 Å². The normalized spacial score (nSPS) is 16.4. The first-order valence-corrected chi connectivity index (χ1v) is 8.43. The Bertz CT molecular complexity index is 899. The molecule has 2 heterocycles. The molecule has 1 N–H and O–H groups in total. The van der Waals surface area contributed by atoms with Crippen molar-refractivity contribution in [3.8, 4) is 0 Å². The van der Waals surface area contributed by atoms with Gasteiger partial charge in [-0.05, 0) is 30.3 Å². The van der Waals surface area contributed by atoms with Crippen LogP contribution >= 0.6 is 23.4 Å². The molecule has 23 heavy (non-hydrogen) atoms. The number of para-hydroxylation sites is 1. The maximum atomic E-state index is 5.97. The molecule has 3 aromatic rings. The largest absolute Gasteiger partial charge is 0.455 e. The molecule has 0 atom stereocenters. The number of hydrazone groups is 1. The lowest BCUT2D eigenvalue weighted by molar-refractivity contribution is 0.603. The van der Waals surface area contributed by atoms with E-state index in [-0.39, 0.29) is 0 Å². The van der Waals surface area contributed by atoms with Crippen LogP contribution in [0.5, 0.6) is 0 Å². The highest BCUT2D eigenvalue weighted by Crippen LogP contribution is 2.24. The topological polar surface area (TPSA) is 49.9 Å². The van der Waals surface area contributed by atoms with Gasteiger partial charge in [0.2, 0.25) is 0 Å². The molecule has 0 fully saturated rings. The number of hydrogen-bond acceptors (Lipinski definition) is 4. The molecule has 1 aliphatic rings. The fourth-order valence-corrected chi connectivity index (χ4v) is 3.23. The predicted molar refractivity (Wildman–Crippen MR) is 96.9 cm³/mol. The summed E-state index contributed by atoms with van der Waals surface area (Å²) in [6, 6.07) is 17.4. The second kappa shape index (κ2) is 6.10. The second-order valence-corrected chi connectivity index (χ2v) is 6.40. The summed E-state index contributed by atoms with van der Waals surface area (Å²) in [7, 11) is 0. The molecule has 0 amide bonds. The zero-order chi connectivity index (χ0) is 15.6. The minimum atomic E-state index is 0.666. The molecule has 0 saturated heterocycles. The van der Waals surface area contributed by atoms with Crippen molar-refractivity contribution in [2.75, 3.05) is 5.75 Å². The van der Waals surface area contributed by atoms with Gasteiger partial charge in [0.05, 0.1) is 5.69 Å². The highest BCUT2D eigenvalue weighted by molar-refractivity contribution is 8.14. The number of hydrogen-bond donors (Lipinski definition) is 1. The number of furan rings is 1. The molecule has 0 aliphatic carbocycles. The van der Waals surface area contributed by atoms with Gasteiger partial charge >= 0.3 is 0 Å². The van der Waals surface area contributed by atoms with E-state index in [9.17, 15) is 0 Å². The molecule has 0 saturated carbocycles. The molecule has 0 radical (unpaired) electrons. The Morgan fingerprint density at radius 2 is 2.04 bits per heavy atom. The molecule has 6 heteroatoms. The summed E-state index contributed by atoms with van der Waals surface area (Å²) in [6.07, 6.45) is 0. The predicted octanol–water partition coefficient (Wildman–Crippen LogP) is 4.81. The van der Waals surface area contributed by atoms with Gasteiger partial charge in [0, 0.05) is 16.2 Å². The Morgan fingerprint density at radius 1 is 1.13 bits per heavy atom. The second-order valence-electron chi connectivity index (χ2n) is 5.00. The number of aliphatic imine (C=N–C) groups is 1. The number of rotatable bonds is 2. The number of amidine groups is 1. The minimum Gasteiger partial charge on any atom is -0.455 e. The van der Waals surface area contributed by atoms with E-state index < -0.39 is 0 Å². The van der Waals surface area contributed by atoms with Crippen molar-refractivity contribution in [1.82, 2.24) is 5.43 Å². The number of fused-ring (bicyclic) bond motifs is 1. The van der Waals surface area contributed by atoms with E-state index in [1.807, 2.05) is 54.6 Å². The Hall–Kier alpha value is -2.24. The van der Waals surface area contributed by atoms with Crippen LogP contribution in [-0.4, -0.2) is 16.6 Å².